The summed E-state index contributed by atoms with van der Waals surface area (Å²) in [7, 11) is 0. The van der Waals surface area contributed by atoms with E-state index in [-0.39, 0.29) is 23.7 Å². The molecule has 2 amide bonds. The summed E-state index contributed by atoms with van der Waals surface area (Å²) in [6.07, 6.45) is 1.29. The van der Waals surface area contributed by atoms with E-state index in [1.54, 1.807) is 17.9 Å². The number of nitrogens with zero attached hydrogens (tertiary/aromatic N) is 2. The molecule has 1 aromatic carbocycles. The standard InChI is InChI=1S/C17H19N3O3/c1-10(2)15-14(18-9-23-15)17(22)20-8-11(3)16(21)19-12-6-4-5-7-13(12)20/h4-7,9-11H,8H2,1-3H3,(H,19,21). The maximum absolute atomic E-state index is 13.0. The number of hydrogen-bond acceptors (Lipinski definition) is 4. The minimum absolute atomic E-state index is 0.0517. The molecule has 0 spiro atoms. The van der Waals surface area contributed by atoms with Crippen LogP contribution in [-0.4, -0.2) is 23.3 Å². The molecule has 120 valence electrons. The first kappa shape index (κ1) is 15.3. The van der Waals surface area contributed by atoms with Crippen molar-refractivity contribution in [1.29, 1.82) is 0 Å². The van der Waals surface area contributed by atoms with E-state index in [0.29, 0.717) is 29.4 Å². The Bertz CT molecular complexity index is 751. The topological polar surface area (TPSA) is 75.4 Å². The van der Waals surface area contributed by atoms with Gasteiger partial charge in [-0.25, -0.2) is 4.98 Å². The van der Waals surface area contributed by atoms with Crippen molar-refractivity contribution in [2.24, 2.45) is 5.92 Å². The van der Waals surface area contributed by atoms with Gasteiger partial charge in [-0.05, 0) is 12.1 Å². The van der Waals surface area contributed by atoms with Gasteiger partial charge in [0.1, 0.15) is 5.76 Å². The largest absolute Gasteiger partial charge is 0.447 e. The molecule has 0 aliphatic carbocycles. The zero-order chi connectivity index (χ0) is 16.6. The Morgan fingerprint density at radius 3 is 2.87 bits per heavy atom. The number of amides is 2. The van der Waals surface area contributed by atoms with Gasteiger partial charge in [0.25, 0.3) is 5.91 Å². The Balaban J connectivity index is 2.05. The SMILES string of the molecule is CC1CN(C(=O)c2ncoc2C(C)C)c2ccccc2NC1=O. The van der Waals surface area contributed by atoms with Gasteiger partial charge in [0.15, 0.2) is 12.1 Å². The summed E-state index contributed by atoms with van der Waals surface area (Å²) >= 11 is 0. The number of para-hydroxylation sites is 2. The highest BCUT2D eigenvalue weighted by Crippen LogP contribution is 2.32. The highest BCUT2D eigenvalue weighted by atomic mass is 16.3. The van der Waals surface area contributed by atoms with Crippen molar-refractivity contribution in [3.63, 3.8) is 0 Å². The zero-order valence-electron chi connectivity index (χ0n) is 13.4. The van der Waals surface area contributed by atoms with Crippen molar-refractivity contribution >= 4 is 23.2 Å². The van der Waals surface area contributed by atoms with Crippen LogP contribution in [0.15, 0.2) is 35.1 Å². The number of benzene rings is 1. The van der Waals surface area contributed by atoms with E-state index < -0.39 is 0 Å². The summed E-state index contributed by atoms with van der Waals surface area (Å²) in [5.41, 5.74) is 1.61. The molecule has 2 aromatic rings. The third kappa shape index (κ3) is 2.72. The molecule has 3 rings (SSSR count). The van der Waals surface area contributed by atoms with Gasteiger partial charge in [-0.1, -0.05) is 32.9 Å². The number of carbonyl (C=O) groups excluding carboxylic acids is 2. The minimum Gasteiger partial charge on any atom is -0.447 e. The molecule has 1 aromatic heterocycles. The van der Waals surface area contributed by atoms with Crippen LogP contribution in [0, 0.1) is 5.92 Å². The fraction of sp³-hybridized carbons (Fsp3) is 0.353. The van der Waals surface area contributed by atoms with Crippen molar-refractivity contribution in [3.05, 3.63) is 42.1 Å². The van der Waals surface area contributed by atoms with Gasteiger partial charge in [0, 0.05) is 12.5 Å². The van der Waals surface area contributed by atoms with Crippen LogP contribution in [0.5, 0.6) is 0 Å². The fourth-order valence-corrected chi connectivity index (χ4v) is 2.67. The first-order valence-corrected chi connectivity index (χ1v) is 7.64. The molecule has 1 aliphatic rings. The number of carbonyl (C=O) groups is 2. The number of fused-ring (bicyclic) bond motifs is 1. The predicted molar refractivity (Wildman–Crippen MR) is 86.5 cm³/mol. The van der Waals surface area contributed by atoms with E-state index in [9.17, 15) is 9.59 Å². The van der Waals surface area contributed by atoms with E-state index in [4.69, 9.17) is 4.42 Å². The van der Waals surface area contributed by atoms with Crippen molar-refractivity contribution in [2.45, 2.75) is 26.7 Å². The Morgan fingerprint density at radius 2 is 2.13 bits per heavy atom. The predicted octanol–water partition coefficient (Wildman–Crippen LogP) is 3.03. The molecule has 2 heterocycles. The molecule has 1 aliphatic heterocycles. The van der Waals surface area contributed by atoms with Crippen molar-refractivity contribution in [1.82, 2.24) is 4.98 Å². The van der Waals surface area contributed by atoms with Gasteiger partial charge in [-0.2, -0.15) is 0 Å². The lowest BCUT2D eigenvalue weighted by atomic mass is 10.1. The second-order valence-corrected chi connectivity index (χ2v) is 6.04. The Hall–Kier alpha value is -2.63. The van der Waals surface area contributed by atoms with Crippen LogP contribution in [0.1, 0.15) is 42.9 Å². The van der Waals surface area contributed by atoms with E-state index in [1.807, 2.05) is 32.0 Å². The van der Waals surface area contributed by atoms with Crippen LogP contribution in [0.2, 0.25) is 0 Å². The van der Waals surface area contributed by atoms with Crippen molar-refractivity contribution in [2.75, 3.05) is 16.8 Å². The first-order valence-electron chi connectivity index (χ1n) is 7.64. The maximum atomic E-state index is 13.0. The van der Waals surface area contributed by atoms with Gasteiger partial charge in [-0.3, -0.25) is 9.59 Å². The summed E-state index contributed by atoms with van der Waals surface area (Å²) in [5.74, 6) is -0.0597. The van der Waals surface area contributed by atoms with Gasteiger partial charge < -0.3 is 14.6 Å². The van der Waals surface area contributed by atoms with Crippen LogP contribution < -0.4 is 10.2 Å². The van der Waals surface area contributed by atoms with E-state index in [0.717, 1.165) is 0 Å². The van der Waals surface area contributed by atoms with Gasteiger partial charge in [-0.15, -0.1) is 0 Å². The lowest BCUT2D eigenvalue weighted by Crippen LogP contribution is -2.36. The molecule has 0 saturated carbocycles. The number of nitrogens with one attached hydrogen (secondary N) is 1. The number of hydrogen-bond donors (Lipinski definition) is 1. The maximum Gasteiger partial charge on any atom is 0.280 e. The van der Waals surface area contributed by atoms with Crippen molar-refractivity contribution < 1.29 is 14.0 Å². The second kappa shape index (κ2) is 5.87. The third-order valence-electron chi connectivity index (χ3n) is 3.92. The van der Waals surface area contributed by atoms with Gasteiger partial charge in [0.2, 0.25) is 5.91 Å². The molecule has 6 nitrogen and oxygen atoms in total. The summed E-state index contributed by atoms with van der Waals surface area (Å²) in [5, 5.41) is 2.86. The van der Waals surface area contributed by atoms with Crippen molar-refractivity contribution in [3.8, 4) is 0 Å². The quantitative estimate of drug-likeness (QED) is 0.924. The number of anilines is 2. The lowest BCUT2D eigenvalue weighted by molar-refractivity contribution is -0.119. The molecule has 0 radical (unpaired) electrons. The van der Waals surface area contributed by atoms with Crippen LogP contribution in [-0.2, 0) is 4.79 Å². The molecule has 0 saturated heterocycles. The molecule has 1 unspecified atom stereocenters. The van der Waals surface area contributed by atoms with Gasteiger partial charge in [0.05, 0.1) is 17.3 Å². The zero-order valence-corrected chi connectivity index (χ0v) is 13.4. The van der Waals surface area contributed by atoms with E-state index >= 15 is 0 Å². The lowest BCUT2D eigenvalue weighted by Gasteiger charge is -2.23. The van der Waals surface area contributed by atoms with Crippen LogP contribution in [0.4, 0.5) is 11.4 Å². The molecule has 0 fully saturated rings. The molecule has 1 N–H and O–H groups in total. The number of oxazole rings is 1. The summed E-state index contributed by atoms with van der Waals surface area (Å²) < 4.78 is 5.36. The highest BCUT2D eigenvalue weighted by Gasteiger charge is 2.32. The molecule has 6 heteroatoms. The average Bonchev–Trinajstić information content (AvgIpc) is 2.97. The monoisotopic (exact) mass is 313 g/mol. The smallest absolute Gasteiger partial charge is 0.280 e. The summed E-state index contributed by atoms with van der Waals surface area (Å²) in [4.78, 5) is 30.8. The second-order valence-electron chi connectivity index (χ2n) is 6.04. The number of rotatable bonds is 2. The molecule has 1 atom stereocenters. The highest BCUT2D eigenvalue weighted by molar-refractivity contribution is 6.10. The Kier molecular flexibility index (Phi) is 3.90. The van der Waals surface area contributed by atoms with Gasteiger partial charge >= 0.3 is 0 Å². The van der Waals surface area contributed by atoms with Crippen LogP contribution >= 0.6 is 0 Å². The normalized spacial score (nSPS) is 17.7. The fourth-order valence-electron chi connectivity index (χ4n) is 2.67. The number of aromatic nitrogens is 1. The van der Waals surface area contributed by atoms with Crippen LogP contribution in [0.3, 0.4) is 0 Å². The van der Waals surface area contributed by atoms with Crippen LogP contribution in [0.25, 0.3) is 0 Å². The van der Waals surface area contributed by atoms with E-state index in [1.165, 1.54) is 6.39 Å². The average molecular weight is 313 g/mol. The summed E-state index contributed by atoms with van der Waals surface area (Å²) in [6, 6.07) is 7.28. The molecule has 23 heavy (non-hydrogen) atoms. The molecule has 0 bridgehead atoms. The first-order chi connectivity index (χ1) is 11.0. The minimum atomic E-state index is -0.319. The Labute approximate surface area is 134 Å². The molecular weight excluding hydrogens is 294 g/mol. The van der Waals surface area contributed by atoms with E-state index in [2.05, 4.69) is 10.3 Å². The Morgan fingerprint density at radius 1 is 1.39 bits per heavy atom. The third-order valence-corrected chi connectivity index (χ3v) is 3.92. The summed E-state index contributed by atoms with van der Waals surface area (Å²) in [6.45, 7) is 5.99. The molecular formula is C17H19N3O3.